The molecule has 4 heteroatoms. The van der Waals surface area contributed by atoms with Crippen LogP contribution in [0.25, 0.3) is 5.57 Å². The fourth-order valence-corrected chi connectivity index (χ4v) is 1.48. The molecule has 0 atom stereocenters. The van der Waals surface area contributed by atoms with Crippen molar-refractivity contribution in [2.75, 3.05) is 6.79 Å². The average molecular weight is 205 g/mol. The largest absolute Gasteiger partial charge is 0.454 e. The van der Waals surface area contributed by atoms with Crippen LogP contribution in [0.5, 0.6) is 11.5 Å². The smallest absolute Gasteiger partial charge is 0.231 e. The molecule has 1 aromatic rings. The quantitative estimate of drug-likeness (QED) is 0.696. The van der Waals surface area contributed by atoms with E-state index in [1.165, 1.54) is 0 Å². The second-order valence-corrected chi connectivity index (χ2v) is 3.29. The van der Waals surface area contributed by atoms with Crippen molar-refractivity contribution in [2.24, 2.45) is 5.18 Å². The number of nitroso groups, excluding NO2 is 1. The average Bonchev–Trinajstić information content (AvgIpc) is 2.73. The molecule has 1 aliphatic rings. The van der Waals surface area contributed by atoms with E-state index in [1.54, 1.807) is 12.1 Å². The van der Waals surface area contributed by atoms with Crippen molar-refractivity contribution in [3.8, 4) is 11.5 Å². The number of hydrogen-bond donors (Lipinski definition) is 0. The molecule has 0 bridgehead atoms. The highest BCUT2D eigenvalue weighted by Crippen LogP contribution is 2.40. The molecule has 1 aromatic carbocycles. The van der Waals surface area contributed by atoms with Crippen LogP contribution in [0.15, 0.2) is 23.4 Å². The standard InChI is InChI=1S/C11H11NO3/c1-3-7(2)8-4-10-11(15-6-14-10)5-9(8)12-13/h3-5H,6H2,1-2H3/b7-3+. The number of benzene rings is 1. The topological polar surface area (TPSA) is 47.9 Å². The van der Waals surface area contributed by atoms with Crippen LogP contribution in [0.3, 0.4) is 0 Å². The minimum Gasteiger partial charge on any atom is -0.454 e. The summed E-state index contributed by atoms with van der Waals surface area (Å²) in [6.07, 6.45) is 1.92. The Hall–Kier alpha value is -1.84. The molecule has 1 heterocycles. The van der Waals surface area contributed by atoms with Crippen molar-refractivity contribution in [1.82, 2.24) is 0 Å². The minimum absolute atomic E-state index is 0.200. The van der Waals surface area contributed by atoms with Crippen LogP contribution in [-0.4, -0.2) is 6.79 Å². The lowest BCUT2D eigenvalue weighted by atomic mass is 10.0. The van der Waals surface area contributed by atoms with Crippen LogP contribution in [0, 0.1) is 4.91 Å². The Balaban J connectivity index is 2.58. The van der Waals surface area contributed by atoms with E-state index in [-0.39, 0.29) is 6.79 Å². The molecule has 15 heavy (non-hydrogen) atoms. The van der Waals surface area contributed by atoms with Crippen LogP contribution in [0.4, 0.5) is 5.69 Å². The first-order chi connectivity index (χ1) is 7.26. The third kappa shape index (κ3) is 1.58. The summed E-state index contributed by atoms with van der Waals surface area (Å²) in [4.78, 5) is 10.7. The normalized spacial score (nSPS) is 14.1. The Morgan fingerprint density at radius 1 is 1.40 bits per heavy atom. The van der Waals surface area contributed by atoms with Crippen molar-refractivity contribution in [2.45, 2.75) is 13.8 Å². The molecule has 1 aliphatic heterocycles. The van der Waals surface area contributed by atoms with Crippen molar-refractivity contribution in [1.29, 1.82) is 0 Å². The maximum atomic E-state index is 10.7. The molecular formula is C11H11NO3. The third-order valence-electron chi connectivity index (χ3n) is 2.45. The van der Waals surface area contributed by atoms with E-state index < -0.39 is 0 Å². The fraction of sp³-hybridized carbons (Fsp3) is 0.273. The van der Waals surface area contributed by atoms with Gasteiger partial charge in [-0.15, -0.1) is 4.91 Å². The van der Waals surface area contributed by atoms with Gasteiger partial charge in [-0.25, -0.2) is 0 Å². The van der Waals surface area contributed by atoms with E-state index >= 15 is 0 Å². The van der Waals surface area contributed by atoms with Crippen molar-refractivity contribution < 1.29 is 9.47 Å². The number of allylic oxidation sites excluding steroid dienone is 2. The fourth-order valence-electron chi connectivity index (χ4n) is 1.48. The summed E-state index contributed by atoms with van der Waals surface area (Å²) in [5.74, 6) is 1.25. The molecule has 0 aliphatic carbocycles. The zero-order valence-electron chi connectivity index (χ0n) is 8.61. The molecule has 78 valence electrons. The van der Waals surface area contributed by atoms with E-state index in [0.717, 1.165) is 11.1 Å². The lowest BCUT2D eigenvalue weighted by molar-refractivity contribution is 0.174. The lowest BCUT2D eigenvalue weighted by Crippen LogP contribution is -1.92. The van der Waals surface area contributed by atoms with Crippen LogP contribution in [0.1, 0.15) is 19.4 Å². The van der Waals surface area contributed by atoms with E-state index in [4.69, 9.17) is 9.47 Å². The van der Waals surface area contributed by atoms with Crippen LogP contribution >= 0.6 is 0 Å². The zero-order valence-corrected chi connectivity index (χ0v) is 8.61. The molecule has 0 N–H and O–H groups in total. The Kier molecular flexibility index (Phi) is 2.41. The van der Waals surface area contributed by atoms with Gasteiger partial charge in [0.15, 0.2) is 11.5 Å². The predicted molar refractivity (Wildman–Crippen MR) is 57.3 cm³/mol. The highest BCUT2D eigenvalue weighted by molar-refractivity contribution is 5.76. The van der Waals surface area contributed by atoms with Crippen LogP contribution in [0.2, 0.25) is 0 Å². The van der Waals surface area contributed by atoms with E-state index in [2.05, 4.69) is 5.18 Å². The molecule has 0 aromatic heterocycles. The van der Waals surface area contributed by atoms with Gasteiger partial charge < -0.3 is 9.47 Å². The minimum atomic E-state index is 0.200. The first kappa shape index (κ1) is 9.71. The van der Waals surface area contributed by atoms with E-state index in [9.17, 15) is 4.91 Å². The molecular weight excluding hydrogens is 194 g/mol. The number of fused-ring (bicyclic) bond motifs is 1. The van der Waals surface area contributed by atoms with Crippen LogP contribution in [-0.2, 0) is 0 Å². The Labute approximate surface area is 87.5 Å². The molecule has 2 rings (SSSR count). The number of rotatable bonds is 2. The third-order valence-corrected chi connectivity index (χ3v) is 2.45. The molecule has 4 nitrogen and oxygen atoms in total. The molecule has 0 radical (unpaired) electrons. The highest BCUT2D eigenvalue weighted by atomic mass is 16.7. The number of nitrogens with zero attached hydrogens (tertiary/aromatic N) is 1. The van der Waals surface area contributed by atoms with Crippen LogP contribution < -0.4 is 9.47 Å². The lowest BCUT2D eigenvalue weighted by Gasteiger charge is -2.05. The number of hydrogen-bond acceptors (Lipinski definition) is 4. The van der Waals surface area contributed by atoms with Gasteiger partial charge >= 0.3 is 0 Å². The Bertz CT molecular complexity index is 438. The first-order valence-corrected chi connectivity index (χ1v) is 4.66. The van der Waals surface area contributed by atoms with Gasteiger partial charge in [0.05, 0.1) is 0 Å². The van der Waals surface area contributed by atoms with Gasteiger partial charge in [0.2, 0.25) is 6.79 Å². The van der Waals surface area contributed by atoms with Crippen molar-refractivity contribution in [3.05, 3.63) is 28.7 Å². The highest BCUT2D eigenvalue weighted by Gasteiger charge is 2.18. The van der Waals surface area contributed by atoms with Gasteiger partial charge in [-0.3, -0.25) is 0 Å². The summed E-state index contributed by atoms with van der Waals surface area (Å²) < 4.78 is 10.4. The number of ether oxygens (including phenoxy) is 2. The predicted octanol–water partition coefficient (Wildman–Crippen LogP) is 3.24. The molecule has 0 fully saturated rings. The van der Waals surface area contributed by atoms with Gasteiger partial charge in [0.1, 0.15) is 5.69 Å². The second kappa shape index (κ2) is 3.73. The summed E-state index contributed by atoms with van der Waals surface area (Å²) >= 11 is 0. The molecule has 0 amide bonds. The molecule has 0 saturated carbocycles. The Morgan fingerprint density at radius 2 is 2.07 bits per heavy atom. The second-order valence-electron chi connectivity index (χ2n) is 3.29. The van der Waals surface area contributed by atoms with Crippen molar-refractivity contribution in [3.63, 3.8) is 0 Å². The summed E-state index contributed by atoms with van der Waals surface area (Å²) in [5, 5.41) is 2.99. The van der Waals surface area contributed by atoms with E-state index in [1.807, 2.05) is 19.9 Å². The summed E-state index contributed by atoms with van der Waals surface area (Å²) in [7, 11) is 0. The maximum Gasteiger partial charge on any atom is 0.231 e. The van der Waals surface area contributed by atoms with Gasteiger partial charge in [-0.1, -0.05) is 6.08 Å². The zero-order chi connectivity index (χ0) is 10.8. The van der Waals surface area contributed by atoms with Gasteiger partial charge in [-0.2, -0.15) is 0 Å². The van der Waals surface area contributed by atoms with Gasteiger partial charge in [-0.05, 0) is 30.7 Å². The van der Waals surface area contributed by atoms with E-state index in [0.29, 0.717) is 17.2 Å². The Morgan fingerprint density at radius 3 is 2.67 bits per heavy atom. The maximum absolute atomic E-state index is 10.7. The summed E-state index contributed by atoms with van der Waals surface area (Å²) in [5.41, 5.74) is 2.16. The monoisotopic (exact) mass is 205 g/mol. The molecule has 0 spiro atoms. The van der Waals surface area contributed by atoms with Gasteiger partial charge in [0.25, 0.3) is 0 Å². The SMILES string of the molecule is C/C=C(\C)c1cc2c(cc1N=O)OCO2. The first-order valence-electron chi connectivity index (χ1n) is 4.66. The summed E-state index contributed by atoms with van der Waals surface area (Å²) in [6, 6.07) is 3.39. The molecule has 0 saturated heterocycles. The summed E-state index contributed by atoms with van der Waals surface area (Å²) in [6.45, 7) is 4.03. The molecule has 0 unspecified atom stereocenters. The van der Waals surface area contributed by atoms with Gasteiger partial charge in [0, 0.05) is 11.6 Å². The van der Waals surface area contributed by atoms with Crippen molar-refractivity contribution >= 4 is 11.3 Å².